The molecular weight excluding hydrogens is 662 g/mol. The van der Waals surface area contributed by atoms with E-state index in [1.807, 2.05) is 59.5 Å². The standard InChI is InChI=1S/C32H28BrN5O4S2/c33-24-12-10-23(11-13-24)31(40)37-20-18-36(19-21-37)26-16-14-25(15-17-26)34-30(39)22-43-32-35-28-8-4-5-9-29(28)38(32)44(41,42)27-6-2-1-3-7-27/h1-17H,18-22H2,(H,34,39)/p+1. The SMILES string of the molecule is O=C(CSc1[nH]c2ccccc2[n+]1S(=O)(=O)c1ccccc1)Nc1ccc(N2CCN(C(=O)c3ccc(Br)cc3)CC2)cc1. The molecule has 1 aliphatic rings. The van der Waals surface area contributed by atoms with Crippen LogP contribution in [0, 0.1) is 0 Å². The zero-order valence-corrected chi connectivity index (χ0v) is 26.7. The van der Waals surface area contributed by atoms with Gasteiger partial charge in [0.15, 0.2) is 11.0 Å². The van der Waals surface area contributed by atoms with Gasteiger partial charge >= 0.3 is 15.2 Å². The monoisotopic (exact) mass is 690 g/mol. The summed E-state index contributed by atoms with van der Waals surface area (Å²) in [7, 11) is -3.89. The predicted molar refractivity (Wildman–Crippen MR) is 176 cm³/mol. The minimum Gasteiger partial charge on any atom is -0.368 e. The Hall–Kier alpha value is -4.13. The maximum Gasteiger partial charge on any atom is 0.336 e. The number of thioether (sulfide) groups is 1. The highest BCUT2D eigenvalue weighted by Crippen LogP contribution is 2.24. The maximum absolute atomic E-state index is 13.6. The summed E-state index contributed by atoms with van der Waals surface area (Å²) in [6.07, 6.45) is 0. The minimum absolute atomic E-state index is 0.00718. The van der Waals surface area contributed by atoms with E-state index in [-0.39, 0.29) is 22.5 Å². The van der Waals surface area contributed by atoms with E-state index < -0.39 is 10.0 Å². The number of hydrogen-bond acceptors (Lipinski definition) is 6. The third-order valence-corrected chi connectivity index (χ3v) is 10.7. The first-order valence-corrected chi connectivity index (χ1v) is 17.2. The van der Waals surface area contributed by atoms with Crippen molar-refractivity contribution < 1.29 is 22.0 Å². The van der Waals surface area contributed by atoms with Crippen LogP contribution in [-0.4, -0.2) is 62.0 Å². The van der Waals surface area contributed by atoms with Gasteiger partial charge in [-0.25, -0.2) is 4.98 Å². The van der Waals surface area contributed by atoms with E-state index in [0.717, 1.165) is 21.9 Å². The molecule has 1 saturated heterocycles. The number of piperazine rings is 1. The normalized spacial score (nSPS) is 13.7. The van der Waals surface area contributed by atoms with Crippen molar-refractivity contribution in [2.75, 3.05) is 42.1 Å². The van der Waals surface area contributed by atoms with Crippen LogP contribution in [0.4, 0.5) is 11.4 Å². The number of carbonyl (C=O) groups excluding carboxylic acids is 2. The largest absolute Gasteiger partial charge is 0.368 e. The van der Waals surface area contributed by atoms with Gasteiger partial charge in [-0.15, -0.1) is 3.97 Å². The fraction of sp³-hybridized carbons (Fsp3) is 0.156. The molecule has 1 aromatic heterocycles. The lowest BCUT2D eigenvalue weighted by molar-refractivity contribution is -0.526. The van der Waals surface area contributed by atoms with Crippen LogP contribution >= 0.6 is 27.7 Å². The van der Waals surface area contributed by atoms with E-state index in [2.05, 4.69) is 31.1 Å². The summed E-state index contributed by atoms with van der Waals surface area (Å²) < 4.78 is 29.3. The van der Waals surface area contributed by atoms with Crippen LogP contribution in [0.15, 0.2) is 118 Å². The van der Waals surface area contributed by atoms with Crippen LogP contribution < -0.4 is 14.2 Å². The average Bonchev–Trinajstić information content (AvgIpc) is 3.44. The summed E-state index contributed by atoms with van der Waals surface area (Å²) in [5, 5.41) is 3.25. The van der Waals surface area contributed by atoms with Crippen molar-refractivity contribution in [1.82, 2.24) is 9.88 Å². The summed E-state index contributed by atoms with van der Waals surface area (Å²) in [4.78, 5) is 33.2. The summed E-state index contributed by atoms with van der Waals surface area (Å²) in [6.45, 7) is 2.67. The number of aromatic nitrogens is 2. The van der Waals surface area contributed by atoms with Crippen LogP contribution in [-0.2, 0) is 14.8 Å². The predicted octanol–water partition coefficient (Wildman–Crippen LogP) is 5.15. The fourth-order valence-corrected chi connectivity index (χ4v) is 7.94. The number of benzene rings is 4. The number of nitrogens with zero attached hydrogens (tertiary/aromatic N) is 3. The van der Waals surface area contributed by atoms with Crippen molar-refractivity contribution in [2.24, 2.45) is 0 Å². The lowest BCUT2D eigenvalue weighted by Crippen LogP contribution is -2.48. The Morgan fingerprint density at radius 1 is 0.841 bits per heavy atom. The first-order valence-electron chi connectivity index (χ1n) is 14.0. The molecule has 5 aromatic rings. The zero-order chi connectivity index (χ0) is 30.7. The molecule has 2 heterocycles. The number of amides is 2. The lowest BCUT2D eigenvalue weighted by atomic mass is 10.1. The molecule has 4 aromatic carbocycles. The van der Waals surface area contributed by atoms with Crippen LogP contribution in [0.5, 0.6) is 0 Å². The van der Waals surface area contributed by atoms with Gasteiger partial charge in [0, 0.05) is 47.6 Å². The highest BCUT2D eigenvalue weighted by atomic mass is 79.9. The summed E-state index contributed by atoms with van der Waals surface area (Å²) in [5.41, 5.74) is 3.50. The molecule has 0 unspecified atom stereocenters. The van der Waals surface area contributed by atoms with Gasteiger partial charge in [0.2, 0.25) is 5.91 Å². The van der Waals surface area contributed by atoms with E-state index in [0.29, 0.717) is 53.6 Å². The lowest BCUT2D eigenvalue weighted by Gasteiger charge is -2.36. The van der Waals surface area contributed by atoms with Gasteiger partial charge < -0.3 is 15.1 Å². The number of imidazole rings is 1. The molecule has 1 aliphatic heterocycles. The number of fused-ring (bicyclic) bond motifs is 1. The van der Waals surface area contributed by atoms with Crippen molar-refractivity contribution in [2.45, 2.75) is 10.1 Å². The fourth-order valence-electron chi connectivity index (χ4n) is 5.09. The average molecular weight is 692 g/mol. The first kappa shape index (κ1) is 29.9. The highest BCUT2D eigenvalue weighted by molar-refractivity contribution is 9.10. The second-order valence-electron chi connectivity index (χ2n) is 10.2. The van der Waals surface area contributed by atoms with Gasteiger partial charge in [-0.2, -0.15) is 8.42 Å². The molecule has 224 valence electrons. The second kappa shape index (κ2) is 12.8. The molecule has 44 heavy (non-hydrogen) atoms. The number of nitrogens with one attached hydrogen (secondary N) is 2. The molecule has 6 rings (SSSR count). The van der Waals surface area contributed by atoms with E-state index in [1.165, 1.54) is 3.97 Å². The van der Waals surface area contributed by atoms with Gasteiger partial charge in [0.1, 0.15) is 4.90 Å². The minimum atomic E-state index is -3.89. The van der Waals surface area contributed by atoms with Crippen molar-refractivity contribution in [3.8, 4) is 0 Å². The van der Waals surface area contributed by atoms with E-state index in [4.69, 9.17) is 0 Å². The second-order valence-corrected chi connectivity index (χ2v) is 13.9. The smallest absolute Gasteiger partial charge is 0.336 e. The Bertz CT molecular complexity index is 1910. The van der Waals surface area contributed by atoms with Gasteiger partial charge in [0.05, 0.1) is 5.75 Å². The molecule has 2 N–H and O–H groups in total. The molecule has 0 atom stereocenters. The number of anilines is 2. The van der Waals surface area contributed by atoms with E-state index >= 15 is 0 Å². The van der Waals surface area contributed by atoms with Crippen LogP contribution in [0.3, 0.4) is 0 Å². The van der Waals surface area contributed by atoms with Crippen molar-refractivity contribution in [1.29, 1.82) is 0 Å². The highest BCUT2D eigenvalue weighted by Gasteiger charge is 2.32. The summed E-state index contributed by atoms with van der Waals surface area (Å²) >= 11 is 4.53. The van der Waals surface area contributed by atoms with Crippen LogP contribution in [0.2, 0.25) is 0 Å². The molecule has 0 spiro atoms. The van der Waals surface area contributed by atoms with Gasteiger partial charge in [0.25, 0.3) is 5.91 Å². The molecule has 0 aliphatic carbocycles. The van der Waals surface area contributed by atoms with Crippen molar-refractivity contribution >= 4 is 71.9 Å². The van der Waals surface area contributed by atoms with Crippen LogP contribution in [0.25, 0.3) is 11.0 Å². The summed E-state index contributed by atoms with van der Waals surface area (Å²) in [6, 6.07) is 30.4. The number of hydrogen-bond donors (Lipinski definition) is 2. The van der Waals surface area contributed by atoms with Gasteiger partial charge in [-0.3, -0.25) is 9.59 Å². The molecule has 0 bridgehead atoms. The maximum atomic E-state index is 13.6. The number of rotatable bonds is 8. The number of carbonyl (C=O) groups is 2. The Labute approximate surface area is 268 Å². The number of aromatic amines is 1. The Morgan fingerprint density at radius 2 is 1.50 bits per heavy atom. The Kier molecular flexibility index (Phi) is 8.74. The van der Waals surface area contributed by atoms with Crippen molar-refractivity contribution in [3.05, 3.63) is 113 Å². The van der Waals surface area contributed by atoms with E-state index in [9.17, 15) is 18.0 Å². The number of H-pyrrole nitrogens is 1. The molecular formula is C32H29BrN5O4S2+. The van der Waals surface area contributed by atoms with Crippen molar-refractivity contribution in [3.63, 3.8) is 0 Å². The Morgan fingerprint density at radius 3 is 2.20 bits per heavy atom. The van der Waals surface area contributed by atoms with Crippen LogP contribution in [0.1, 0.15) is 10.4 Å². The first-order chi connectivity index (χ1) is 21.3. The topological polar surface area (TPSA) is 106 Å². The molecule has 0 saturated carbocycles. The third kappa shape index (κ3) is 6.37. The molecule has 0 radical (unpaired) electrons. The quantitative estimate of drug-likeness (QED) is 0.172. The Balaban J connectivity index is 1.07. The molecule has 2 amide bonds. The zero-order valence-electron chi connectivity index (χ0n) is 23.5. The number of halogens is 1. The van der Waals surface area contributed by atoms with E-state index in [1.54, 1.807) is 48.5 Å². The number of para-hydroxylation sites is 2. The van der Waals surface area contributed by atoms with Gasteiger partial charge in [-0.05, 0) is 84.6 Å². The summed E-state index contributed by atoms with van der Waals surface area (Å²) in [5.74, 6) is -0.221. The third-order valence-electron chi connectivity index (χ3n) is 7.34. The molecule has 1 fully saturated rings. The van der Waals surface area contributed by atoms with Gasteiger partial charge in [-0.1, -0.05) is 46.3 Å². The molecule has 12 heteroatoms. The molecule has 9 nitrogen and oxygen atoms in total.